The summed E-state index contributed by atoms with van der Waals surface area (Å²) in [4.78, 5) is 20.3. The predicted octanol–water partition coefficient (Wildman–Crippen LogP) is 4.48. The first-order chi connectivity index (χ1) is 12.5. The largest absolute Gasteiger partial charge is 0.350 e. The molecular weight excluding hydrogens is 331 g/mol. The molecule has 1 heterocycles. The quantitative estimate of drug-likeness (QED) is 0.642. The lowest BCUT2D eigenvalue weighted by molar-refractivity contribution is 0.101. The normalized spacial score (nSPS) is 10.4. The van der Waals surface area contributed by atoms with Gasteiger partial charge in [0.2, 0.25) is 5.95 Å². The summed E-state index contributed by atoms with van der Waals surface area (Å²) < 4.78 is 13.0. The Morgan fingerprint density at radius 3 is 2.58 bits per heavy atom. The van der Waals surface area contributed by atoms with Crippen LogP contribution in [0.3, 0.4) is 0 Å². The zero-order valence-electron chi connectivity index (χ0n) is 14.6. The average molecular weight is 350 g/mol. The van der Waals surface area contributed by atoms with Crippen LogP contribution in [0.1, 0.15) is 28.5 Å². The summed E-state index contributed by atoms with van der Waals surface area (Å²) in [6, 6.07) is 15.3. The minimum absolute atomic E-state index is 0.00849. The molecule has 0 spiro atoms. The Hall–Kier alpha value is -3.28. The molecule has 3 rings (SSSR count). The molecule has 6 heteroatoms. The number of aromatic nitrogens is 2. The van der Waals surface area contributed by atoms with Gasteiger partial charge in [-0.2, -0.15) is 4.98 Å². The van der Waals surface area contributed by atoms with E-state index in [1.807, 2.05) is 25.1 Å². The molecular formula is C20H19FN4O. The number of hydrogen-bond acceptors (Lipinski definition) is 5. The number of carbonyl (C=O) groups is 1. The summed E-state index contributed by atoms with van der Waals surface area (Å²) in [5.41, 5.74) is 3.14. The Morgan fingerprint density at radius 2 is 1.85 bits per heavy atom. The molecule has 0 saturated heterocycles. The predicted molar refractivity (Wildman–Crippen MR) is 100 cm³/mol. The summed E-state index contributed by atoms with van der Waals surface area (Å²) in [5, 5.41) is 6.33. The van der Waals surface area contributed by atoms with Crippen molar-refractivity contribution in [1.82, 2.24) is 9.97 Å². The topological polar surface area (TPSA) is 66.9 Å². The highest BCUT2D eigenvalue weighted by molar-refractivity contribution is 5.95. The van der Waals surface area contributed by atoms with E-state index < -0.39 is 0 Å². The van der Waals surface area contributed by atoms with E-state index in [2.05, 4.69) is 20.6 Å². The van der Waals surface area contributed by atoms with E-state index in [1.54, 1.807) is 24.3 Å². The third-order valence-electron chi connectivity index (χ3n) is 3.76. The van der Waals surface area contributed by atoms with Crippen molar-refractivity contribution >= 4 is 23.2 Å². The SMILES string of the molecule is CC(=O)c1cccc(Nc2cc(C)nc(NCc3ccc(F)cc3)n2)c1. The van der Waals surface area contributed by atoms with Crippen LogP contribution in [0, 0.1) is 12.7 Å². The Balaban J connectivity index is 1.74. The van der Waals surface area contributed by atoms with Crippen molar-refractivity contribution in [3.05, 3.63) is 77.2 Å². The van der Waals surface area contributed by atoms with Crippen molar-refractivity contribution in [3.63, 3.8) is 0 Å². The minimum atomic E-state index is -0.264. The third kappa shape index (κ3) is 4.63. The van der Waals surface area contributed by atoms with Gasteiger partial charge >= 0.3 is 0 Å². The van der Waals surface area contributed by atoms with E-state index in [0.29, 0.717) is 23.9 Å². The summed E-state index contributed by atoms with van der Waals surface area (Å²) in [6.07, 6.45) is 0. The summed E-state index contributed by atoms with van der Waals surface area (Å²) in [5.74, 6) is 0.841. The second-order valence-electron chi connectivity index (χ2n) is 5.96. The number of nitrogens with zero attached hydrogens (tertiary/aromatic N) is 2. The number of aryl methyl sites for hydroxylation is 1. The number of rotatable bonds is 6. The minimum Gasteiger partial charge on any atom is -0.350 e. The van der Waals surface area contributed by atoms with Gasteiger partial charge < -0.3 is 10.6 Å². The molecule has 1 aromatic heterocycles. The Kier molecular flexibility index (Phi) is 5.22. The van der Waals surface area contributed by atoms with Gasteiger partial charge in [0.1, 0.15) is 11.6 Å². The van der Waals surface area contributed by atoms with Gasteiger partial charge in [-0.05, 0) is 43.7 Å². The molecule has 0 bridgehead atoms. The van der Waals surface area contributed by atoms with E-state index in [4.69, 9.17) is 0 Å². The second kappa shape index (κ2) is 7.74. The molecule has 0 saturated carbocycles. The molecule has 0 unspecified atom stereocenters. The van der Waals surface area contributed by atoms with Gasteiger partial charge in [0.25, 0.3) is 0 Å². The zero-order chi connectivity index (χ0) is 18.5. The van der Waals surface area contributed by atoms with Crippen LogP contribution in [0.25, 0.3) is 0 Å². The standard InChI is InChI=1S/C20H19FN4O/c1-13-10-19(24-18-5-3-4-16(11-18)14(2)26)25-20(23-13)22-12-15-6-8-17(21)9-7-15/h3-11H,12H2,1-2H3,(H2,22,23,24,25). The number of anilines is 3. The Labute approximate surface area is 151 Å². The number of nitrogens with one attached hydrogen (secondary N) is 2. The Morgan fingerprint density at radius 1 is 1.08 bits per heavy atom. The van der Waals surface area contributed by atoms with Crippen molar-refractivity contribution < 1.29 is 9.18 Å². The maximum atomic E-state index is 13.0. The monoisotopic (exact) mass is 350 g/mol. The highest BCUT2D eigenvalue weighted by Gasteiger charge is 2.05. The molecule has 5 nitrogen and oxygen atoms in total. The van der Waals surface area contributed by atoms with Gasteiger partial charge in [-0.3, -0.25) is 4.79 Å². The van der Waals surface area contributed by atoms with Gasteiger partial charge in [0.15, 0.2) is 5.78 Å². The van der Waals surface area contributed by atoms with Gasteiger partial charge in [0, 0.05) is 29.6 Å². The fourth-order valence-electron chi connectivity index (χ4n) is 2.46. The number of ketones is 1. The van der Waals surface area contributed by atoms with Crippen molar-refractivity contribution in [2.45, 2.75) is 20.4 Å². The maximum Gasteiger partial charge on any atom is 0.225 e. The smallest absolute Gasteiger partial charge is 0.225 e. The highest BCUT2D eigenvalue weighted by atomic mass is 19.1. The van der Waals surface area contributed by atoms with Crippen LogP contribution in [0.5, 0.6) is 0 Å². The van der Waals surface area contributed by atoms with Gasteiger partial charge in [0.05, 0.1) is 0 Å². The molecule has 2 N–H and O–H groups in total. The van der Waals surface area contributed by atoms with Gasteiger partial charge in [-0.1, -0.05) is 24.3 Å². The lowest BCUT2D eigenvalue weighted by atomic mass is 10.1. The van der Waals surface area contributed by atoms with Crippen LogP contribution < -0.4 is 10.6 Å². The average Bonchev–Trinajstić information content (AvgIpc) is 2.61. The molecule has 132 valence electrons. The Bertz CT molecular complexity index is 925. The second-order valence-corrected chi connectivity index (χ2v) is 5.96. The van der Waals surface area contributed by atoms with Crippen LogP contribution in [-0.4, -0.2) is 15.8 Å². The van der Waals surface area contributed by atoms with Gasteiger partial charge in [-0.15, -0.1) is 0 Å². The van der Waals surface area contributed by atoms with E-state index in [9.17, 15) is 9.18 Å². The van der Waals surface area contributed by atoms with Crippen molar-refractivity contribution in [3.8, 4) is 0 Å². The maximum absolute atomic E-state index is 13.0. The molecule has 0 fully saturated rings. The number of Topliss-reactive ketones (excluding diaryl/α,β-unsaturated/α-hetero) is 1. The molecule has 2 aromatic carbocycles. The molecule has 0 aliphatic rings. The molecule has 0 aliphatic carbocycles. The van der Waals surface area contributed by atoms with Crippen molar-refractivity contribution in [2.75, 3.05) is 10.6 Å². The number of carbonyl (C=O) groups excluding carboxylic acids is 1. The lowest BCUT2D eigenvalue weighted by Gasteiger charge is -2.10. The first-order valence-electron chi connectivity index (χ1n) is 8.21. The van der Waals surface area contributed by atoms with Crippen LogP contribution in [0.4, 0.5) is 21.8 Å². The van der Waals surface area contributed by atoms with E-state index >= 15 is 0 Å². The van der Waals surface area contributed by atoms with Crippen LogP contribution >= 0.6 is 0 Å². The highest BCUT2D eigenvalue weighted by Crippen LogP contribution is 2.18. The number of halogens is 1. The summed E-state index contributed by atoms with van der Waals surface area (Å²) >= 11 is 0. The molecule has 26 heavy (non-hydrogen) atoms. The molecule has 0 aliphatic heterocycles. The lowest BCUT2D eigenvalue weighted by Crippen LogP contribution is -2.06. The van der Waals surface area contributed by atoms with Crippen LogP contribution in [0.15, 0.2) is 54.6 Å². The first-order valence-corrected chi connectivity index (χ1v) is 8.21. The van der Waals surface area contributed by atoms with Crippen LogP contribution in [-0.2, 0) is 6.54 Å². The van der Waals surface area contributed by atoms with Crippen LogP contribution in [0.2, 0.25) is 0 Å². The zero-order valence-corrected chi connectivity index (χ0v) is 14.6. The molecule has 0 atom stereocenters. The van der Waals surface area contributed by atoms with E-state index in [0.717, 1.165) is 16.9 Å². The first kappa shape index (κ1) is 17.5. The van der Waals surface area contributed by atoms with Gasteiger partial charge in [-0.25, -0.2) is 9.37 Å². The van der Waals surface area contributed by atoms with Crippen molar-refractivity contribution in [2.24, 2.45) is 0 Å². The fourth-order valence-corrected chi connectivity index (χ4v) is 2.46. The van der Waals surface area contributed by atoms with E-state index in [-0.39, 0.29) is 11.6 Å². The fraction of sp³-hybridized carbons (Fsp3) is 0.150. The van der Waals surface area contributed by atoms with E-state index in [1.165, 1.54) is 19.1 Å². The number of hydrogen-bond donors (Lipinski definition) is 2. The molecule has 0 amide bonds. The summed E-state index contributed by atoms with van der Waals surface area (Å²) in [6.45, 7) is 3.90. The third-order valence-corrected chi connectivity index (χ3v) is 3.76. The molecule has 0 radical (unpaired) electrons. The van der Waals surface area contributed by atoms with Crippen molar-refractivity contribution in [1.29, 1.82) is 0 Å². The number of benzene rings is 2. The molecule has 3 aromatic rings. The summed E-state index contributed by atoms with van der Waals surface area (Å²) in [7, 11) is 0.